The van der Waals surface area contributed by atoms with Crippen LogP contribution in [0.2, 0.25) is 0 Å². The summed E-state index contributed by atoms with van der Waals surface area (Å²) in [7, 11) is 0. The minimum absolute atomic E-state index is 0.228. The van der Waals surface area contributed by atoms with Gasteiger partial charge in [-0.2, -0.15) is 5.26 Å². The van der Waals surface area contributed by atoms with Gasteiger partial charge < -0.3 is 14.8 Å². The molecule has 1 saturated carbocycles. The summed E-state index contributed by atoms with van der Waals surface area (Å²) in [6, 6.07) is 7.42. The topological polar surface area (TPSA) is 71.4 Å². The third kappa shape index (κ3) is 2.80. The second-order valence-electron chi connectivity index (χ2n) is 5.57. The molecule has 2 aliphatic rings. The van der Waals surface area contributed by atoms with E-state index in [9.17, 15) is 10.1 Å². The van der Waals surface area contributed by atoms with Gasteiger partial charge in [-0.15, -0.1) is 0 Å². The third-order valence-corrected chi connectivity index (χ3v) is 4.03. The van der Waals surface area contributed by atoms with Crippen LogP contribution < -0.4 is 14.8 Å². The number of hydrogen-bond donors (Lipinski definition) is 1. The van der Waals surface area contributed by atoms with Gasteiger partial charge in [-0.25, -0.2) is 0 Å². The number of carbonyl (C=O) groups is 1. The number of benzene rings is 1. The summed E-state index contributed by atoms with van der Waals surface area (Å²) in [4.78, 5) is 12.4. The van der Waals surface area contributed by atoms with Crippen molar-refractivity contribution in [1.29, 1.82) is 5.26 Å². The van der Waals surface area contributed by atoms with E-state index in [1.54, 1.807) is 18.2 Å². The van der Waals surface area contributed by atoms with Gasteiger partial charge in [0.2, 0.25) is 0 Å². The number of carbonyl (C=O) groups excluding carboxylic acids is 1. The molecule has 1 aromatic rings. The van der Waals surface area contributed by atoms with Gasteiger partial charge in [0.25, 0.3) is 5.91 Å². The van der Waals surface area contributed by atoms with Crippen molar-refractivity contribution >= 4 is 5.91 Å². The number of ether oxygens (including phenoxy) is 2. The molecule has 110 valence electrons. The quantitative estimate of drug-likeness (QED) is 0.906. The molecule has 1 amide bonds. The molecule has 0 unspecified atom stereocenters. The smallest absolute Gasteiger partial charge is 0.252 e. The first-order valence-corrected chi connectivity index (χ1v) is 7.36. The Morgan fingerprint density at radius 1 is 1.14 bits per heavy atom. The normalized spacial score (nSPS) is 19.4. The summed E-state index contributed by atoms with van der Waals surface area (Å²) in [6.45, 7) is 1.20. The van der Waals surface area contributed by atoms with Crippen LogP contribution in [-0.2, 0) is 0 Å². The highest BCUT2D eigenvalue weighted by Gasteiger charge is 2.35. The number of rotatable bonds is 2. The molecule has 5 heteroatoms. The molecule has 1 aliphatic carbocycles. The molecular weight excluding hydrogens is 268 g/mol. The molecular formula is C16H18N2O3. The summed E-state index contributed by atoms with van der Waals surface area (Å²) in [5.74, 6) is 1.03. The van der Waals surface area contributed by atoms with E-state index < -0.39 is 5.54 Å². The van der Waals surface area contributed by atoms with Crippen LogP contribution in [0.4, 0.5) is 0 Å². The van der Waals surface area contributed by atoms with E-state index in [4.69, 9.17) is 9.47 Å². The van der Waals surface area contributed by atoms with E-state index in [-0.39, 0.29) is 5.91 Å². The van der Waals surface area contributed by atoms with Crippen molar-refractivity contribution in [2.24, 2.45) is 0 Å². The molecule has 3 rings (SSSR count). The predicted molar refractivity (Wildman–Crippen MR) is 76.3 cm³/mol. The van der Waals surface area contributed by atoms with Crippen molar-refractivity contribution < 1.29 is 14.3 Å². The summed E-state index contributed by atoms with van der Waals surface area (Å²) in [6.07, 6.45) is 4.23. The second kappa shape index (κ2) is 5.65. The van der Waals surface area contributed by atoms with Gasteiger partial charge in [0.15, 0.2) is 11.5 Å². The summed E-state index contributed by atoms with van der Waals surface area (Å²) in [5, 5.41) is 12.2. The monoisotopic (exact) mass is 286 g/mol. The van der Waals surface area contributed by atoms with E-state index in [0.29, 0.717) is 30.3 Å². The van der Waals surface area contributed by atoms with Gasteiger partial charge in [-0.05, 0) is 43.9 Å². The van der Waals surface area contributed by atoms with Gasteiger partial charge in [-0.1, -0.05) is 0 Å². The van der Waals surface area contributed by atoms with Gasteiger partial charge in [0, 0.05) is 12.0 Å². The highest BCUT2D eigenvalue weighted by molar-refractivity contribution is 5.95. The van der Waals surface area contributed by atoms with Crippen molar-refractivity contribution in [3.05, 3.63) is 23.8 Å². The van der Waals surface area contributed by atoms with E-state index in [2.05, 4.69) is 11.4 Å². The lowest BCUT2D eigenvalue weighted by Gasteiger charge is -2.22. The maximum absolute atomic E-state index is 12.4. The number of nitrogens with one attached hydrogen (secondary N) is 1. The summed E-state index contributed by atoms with van der Waals surface area (Å²) in [5.41, 5.74) is -0.206. The molecule has 1 fully saturated rings. The Bertz CT molecular complexity index is 586. The van der Waals surface area contributed by atoms with E-state index in [0.717, 1.165) is 32.1 Å². The first kappa shape index (κ1) is 13.7. The minimum Gasteiger partial charge on any atom is -0.490 e. The fourth-order valence-corrected chi connectivity index (χ4v) is 2.84. The molecule has 0 radical (unpaired) electrons. The first-order chi connectivity index (χ1) is 10.2. The van der Waals surface area contributed by atoms with Crippen molar-refractivity contribution in [3.8, 4) is 17.6 Å². The molecule has 0 atom stereocenters. The molecule has 1 N–H and O–H groups in total. The Balaban J connectivity index is 1.79. The molecule has 21 heavy (non-hydrogen) atoms. The van der Waals surface area contributed by atoms with Crippen molar-refractivity contribution in [3.63, 3.8) is 0 Å². The Hall–Kier alpha value is -2.22. The zero-order valence-electron chi connectivity index (χ0n) is 11.9. The Morgan fingerprint density at radius 2 is 1.86 bits per heavy atom. The van der Waals surface area contributed by atoms with Crippen molar-refractivity contribution in [2.45, 2.75) is 37.6 Å². The lowest BCUT2D eigenvalue weighted by Crippen LogP contribution is -2.45. The number of amides is 1. The van der Waals surface area contributed by atoms with Gasteiger partial charge in [0.1, 0.15) is 5.54 Å². The molecule has 1 aromatic carbocycles. The SMILES string of the molecule is N#CC1(NC(=O)c2ccc3c(c2)OCCCO3)CCCC1. The third-order valence-electron chi connectivity index (χ3n) is 4.03. The Morgan fingerprint density at radius 3 is 2.57 bits per heavy atom. The average Bonchev–Trinajstić information content (AvgIpc) is 2.84. The fraction of sp³-hybridized carbons (Fsp3) is 0.500. The van der Waals surface area contributed by atoms with Crippen LogP contribution in [0.3, 0.4) is 0 Å². The Labute approximate surface area is 123 Å². The van der Waals surface area contributed by atoms with E-state index in [1.165, 1.54) is 0 Å². The fourth-order valence-electron chi connectivity index (χ4n) is 2.84. The minimum atomic E-state index is -0.707. The van der Waals surface area contributed by atoms with Crippen molar-refractivity contribution in [2.75, 3.05) is 13.2 Å². The first-order valence-electron chi connectivity index (χ1n) is 7.36. The second-order valence-corrected chi connectivity index (χ2v) is 5.57. The number of hydrogen-bond acceptors (Lipinski definition) is 4. The van der Waals surface area contributed by atoms with E-state index in [1.807, 2.05) is 0 Å². The van der Waals surface area contributed by atoms with Gasteiger partial charge in [0.05, 0.1) is 19.3 Å². The maximum atomic E-state index is 12.4. The largest absolute Gasteiger partial charge is 0.490 e. The zero-order chi connectivity index (χ0) is 14.7. The highest BCUT2D eigenvalue weighted by atomic mass is 16.5. The molecule has 1 aliphatic heterocycles. The molecule has 0 saturated heterocycles. The zero-order valence-corrected chi connectivity index (χ0v) is 11.9. The number of nitriles is 1. The van der Waals surface area contributed by atoms with Crippen LogP contribution in [-0.4, -0.2) is 24.7 Å². The molecule has 0 bridgehead atoms. The predicted octanol–water partition coefficient (Wildman–Crippen LogP) is 2.41. The van der Waals surface area contributed by atoms with Crippen molar-refractivity contribution in [1.82, 2.24) is 5.32 Å². The van der Waals surface area contributed by atoms with Crippen LogP contribution in [0.1, 0.15) is 42.5 Å². The van der Waals surface area contributed by atoms with Crippen LogP contribution >= 0.6 is 0 Å². The Kier molecular flexibility index (Phi) is 3.70. The maximum Gasteiger partial charge on any atom is 0.252 e. The molecule has 5 nitrogen and oxygen atoms in total. The number of nitrogens with zero attached hydrogens (tertiary/aromatic N) is 1. The van der Waals surface area contributed by atoms with E-state index >= 15 is 0 Å². The highest BCUT2D eigenvalue weighted by Crippen LogP contribution is 2.32. The van der Waals surface area contributed by atoms with Gasteiger partial charge in [-0.3, -0.25) is 4.79 Å². The summed E-state index contributed by atoms with van der Waals surface area (Å²) < 4.78 is 11.1. The molecule has 1 heterocycles. The molecule has 0 aromatic heterocycles. The standard InChI is InChI=1S/C16H18N2O3/c17-11-16(6-1-2-7-16)18-15(19)12-4-5-13-14(10-12)21-9-3-8-20-13/h4-5,10H,1-3,6-9H2,(H,18,19). The average molecular weight is 286 g/mol. The van der Waals surface area contributed by atoms with Crippen LogP contribution in [0, 0.1) is 11.3 Å². The number of fused-ring (bicyclic) bond motifs is 1. The lowest BCUT2D eigenvalue weighted by molar-refractivity contribution is 0.0920. The van der Waals surface area contributed by atoms with Crippen LogP contribution in [0.5, 0.6) is 11.5 Å². The van der Waals surface area contributed by atoms with Gasteiger partial charge >= 0.3 is 0 Å². The lowest BCUT2D eigenvalue weighted by atomic mass is 9.99. The molecule has 0 spiro atoms. The summed E-state index contributed by atoms with van der Waals surface area (Å²) >= 11 is 0. The van der Waals surface area contributed by atoms with Crippen LogP contribution in [0.15, 0.2) is 18.2 Å². The van der Waals surface area contributed by atoms with Crippen LogP contribution in [0.25, 0.3) is 0 Å².